The third kappa shape index (κ3) is 5.32. The maximum absolute atomic E-state index is 12.7. The molecule has 0 aliphatic rings. The van der Waals surface area contributed by atoms with Crippen molar-refractivity contribution < 1.29 is 22.7 Å². The number of esters is 1. The highest BCUT2D eigenvalue weighted by Crippen LogP contribution is 2.31. The zero-order chi connectivity index (χ0) is 22.6. The molecule has 160 valence electrons. The number of aromatic nitrogens is 1. The lowest BCUT2D eigenvalue weighted by Crippen LogP contribution is -2.13. The third-order valence-corrected chi connectivity index (χ3v) is 6.83. The van der Waals surface area contributed by atoms with E-state index in [1.165, 1.54) is 31.4 Å². The molecule has 1 aromatic heterocycles. The average molecular weight is 478 g/mol. The summed E-state index contributed by atoms with van der Waals surface area (Å²) in [5.41, 5.74) is 0.637. The fourth-order valence-corrected chi connectivity index (χ4v) is 4.80. The Kier molecular flexibility index (Phi) is 6.80. The number of benzene rings is 2. The van der Waals surface area contributed by atoms with Crippen molar-refractivity contribution in [3.63, 3.8) is 0 Å². The number of thiazole rings is 1. The normalized spacial score (nSPS) is 10.9. The van der Waals surface area contributed by atoms with E-state index in [0.29, 0.717) is 16.3 Å². The molecule has 8 nitrogen and oxygen atoms in total. The first-order chi connectivity index (χ1) is 14.7. The number of carbonyl (C=O) groups excluding carboxylic acids is 1. The Labute approximate surface area is 188 Å². The van der Waals surface area contributed by atoms with Crippen molar-refractivity contribution in [1.82, 2.24) is 4.98 Å². The van der Waals surface area contributed by atoms with Crippen molar-refractivity contribution in [1.29, 1.82) is 5.26 Å². The highest BCUT2D eigenvalue weighted by Gasteiger charge is 2.19. The van der Waals surface area contributed by atoms with Crippen LogP contribution in [0, 0.1) is 18.3 Å². The van der Waals surface area contributed by atoms with Gasteiger partial charge in [0.05, 0.1) is 29.1 Å². The summed E-state index contributed by atoms with van der Waals surface area (Å²) in [6, 6.07) is 12.4. The Hall–Kier alpha value is -3.13. The molecule has 0 saturated heterocycles. The van der Waals surface area contributed by atoms with E-state index in [2.05, 4.69) is 14.4 Å². The van der Waals surface area contributed by atoms with Crippen LogP contribution in [0.3, 0.4) is 0 Å². The number of aryl methyl sites for hydroxylation is 1. The van der Waals surface area contributed by atoms with Gasteiger partial charge < -0.3 is 9.47 Å². The lowest BCUT2D eigenvalue weighted by Gasteiger charge is -2.09. The van der Waals surface area contributed by atoms with Crippen molar-refractivity contribution in [2.45, 2.75) is 18.2 Å². The first-order valence-electron chi connectivity index (χ1n) is 8.76. The van der Waals surface area contributed by atoms with E-state index in [4.69, 9.17) is 16.3 Å². The molecule has 0 aliphatic carbocycles. The van der Waals surface area contributed by atoms with E-state index in [-0.39, 0.29) is 32.8 Å². The Morgan fingerprint density at radius 2 is 1.97 bits per heavy atom. The van der Waals surface area contributed by atoms with E-state index >= 15 is 0 Å². The van der Waals surface area contributed by atoms with Gasteiger partial charge in [0, 0.05) is 4.88 Å². The van der Waals surface area contributed by atoms with Crippen LogP contribution in [-0.2, 0) is 26.0 Å². The Morgan fingerprint density at radius 3 is 2.61 bits per heavy atom. The summed E-state index contributed by atoms with van der Waals surface area (Å²) in [6.07, 6.45) is -0.0409. The zero-order valence-corrected chi connectivity index (χ0v) is 18.8. The molecule has 0 unspecified atom stereocenters. The van der Waals surface area contributed by atoms with E-state index in [1.54, 1.807) is 25.1 Å². The lowest BCUT2D eigenvalue weighted by atomic mass is 10.2. The maximum atomic E-state index is 12.7. The molecule has 0 spiro atoms. The molecule has 0 atom stereocenters. The molecular formula is C20H16ClN3O5S2. The number of nitrogens with one attached hydrogen (secondary N) is 1. The van der Waals surface area contributed by atoms with Gasteiger partial charge in [0.2, 0.25) is 0 Å². The van der Waals surface area contributed by atoms with Crippen LogP contribution in [0.4, 0.5) is 5.13 Å². The van der Waals surface area contributed by atoms with Crippen LogP contribution < -0.4 is 9.46 Å². The second kappa shape index (κ2) is 9.34. The lowest BCUT2D eigenvalue weighted by molar-refractivity contribution is -0.139. The first kappa shape index (κ1) is 22.6. The summed E-state index contributed by atoms with van der Waals surface area (Å²) >= 11 is 7.11. The number of anilines is 1. The molecule has 0 fully saturated rings. The number of ether oxygens (including phenoxy) is 2. The fraction of sp³-hybridized carbons (Fsp3) is 0.150. The molecule has 31 heavy (non-hydrogen) atoms. The highest BCUT2D eigenvalue weighted by molar-refractivity contribution is 7.93. The molecule has 3 rings (SSSR count). The van der Waals surface area contributed by atoms with Crippen molar-refractivity contribution in [3.05, 3.63) is 63.6 Å². The summed E-state index contributed by atoms with van der Waals surface area (Å²) in [7, 11) is -2.63. The number of nitrogens with zero attached hydrogens (tertiary/aromatic N) is 2. The van der Waals surface area contributed by atoms with Crippen LogP contribution in [-0.4, -0.2) is 26.5 Å². The van der Waals surface area contributed by atoms with Crippen LogP contribution >= 0.6 is 22.9 Å². The molecular weight excluding hydrogens is 462 g/mol. The molecule has 0 amide bonds. The molecule has 1 N–H and O–H groups in total. The van der Waals surface area contributed by atoms with Gasteiger partial charge in [-0.2, -0.15) is 5.26 Å². The number of rotatable bonds is 7. The largest absolute Gasteiger partial charge is 0.469 e. The second-order valence-electron chi connectivity index (χ2n) is 6.18. The minimum atomic E-state index is -3.91. The van der Waals surface area contributed by atoms with Gasteiger partial charge in [-0.05, 0) is 43.3 Å². The van der Waals surface area contributed by atoms with Gasteiger partial charge in [0.25, 0.3) is 10.0 Å². The minimum Gasteiger partial charge on any atom is -0.469 e. The molecule has 0 saturated carbocycles. The minimum absolute atomic E-state index is 0.00572. The molecule has 0 radical (unpaired) electrons. The van der Waals surface area contributed by atoms with Gasteiger partial charge in [-0.3, -0.25) is 9.52 Å². The topological polar surface area (TPSA) is 118 Å². The summed E-state index contributed by atoms with van der Waals surface area (Å²) in [5, 5.41) is 9.62. The van der Waals surface area contributed by atoms with Crippen molar-refractivity contribution >= 4 is 44.1 Å². The highest BCUT2D eigenvalue weighted by atomic mass is 35.5. The molecule has 2 aromatic carbocycles. The molecule has 0 aliphatic heterocycles. The first-order valence-corrected chi connectivity index (χ1v) is 11.4. The van der Waals surface area contributed by atoms with E-state index in [0.717, 1.165) is 11.3 Å². The van der Waals surface area contributed by atoms with Gasteiger partial charge in [-0.15, -0.1) is 11.3 Å². The quantitative estimate of drug-likeness (QED) is 0.504. The number of hydrogen-bond donors (Lipinski definition) is 1. The Balaban J connectivity index is 1.76. The molecule has 1 heterocycles. The van der Waals surface area contributed by atoms with Gasteiger partial charge in [0.15, 0.2) is 5.13 Å². The summed E-state index contributed by atoms with van der Waals surface area (Å²) < 4.78 is 38.0. The predicted molar refractivity (Wildman–Crippen MR) is 116 cm³/mol. The van der Waals surface area contributed by atoms with Crippen LogP contribution in [0.5, 0.6) is 11.5 Å². The molecule has 3 aromatic rings. The summed E-state index contributed by atoms with van der Waals surface area (Å²) in [6.45, 7) is 1.74. The van der Waals surface area contributed by atoms with Crippen LogP contribution in [0.1, 0.15) is 16.1 Å². The van der Waals surface area contributed by atoms with Gasteiger partial charge in [-0.1, -0.05) is 17.7 Å². The van der Waals surface area contributed by atoms with Crippen molar-refractivity contribution in [2.75, 3.05) is 11.8 Å². The van der Waals surface area contributed by atoms with Crippen LogP contribution in [0.25, 0.3) is 0 Å². The number of sulfonamides is 1. The van der Waals surface area contributed by atoms with E-state index in [1.807, 2.05) is 6.07 Å². The number of hydrogen-bond acceptors (Lipinski definition) is 8. The summed E-state index contributed by atoms with van der Waals surface area (Å²) in [5.74, 6) is 0.140. The summed E-state index contributed by atoms with van der Waals surface area (Å²) in [4.78, 5) is 16.3. The number of methoxy groups -OCH3 is 1. The van der Waals surface area contributed by atoms with Crippen LogP contribution in [0.15, 0.2) is 47.4 Å². The molecule has 0 bridgehead atoms. The number of halogens is 1. The Morgan fingerprint density at radius 1 is 1.26 bits per heavy atom. The van der Waals surface area contributed by atoms with E-state index in [9.17, 15) is 18.5 Å². The maximum Gasteiger partial charge on any atom is 0.311 e. The standard InChI is InChI=1S/C20H16ClN3O5S2/c1-12-17(10-19(25)28-2)23-20(30-12)24-31(26,27)14-8-6-13(7-9-14)29-18-5-3-4-16(21)15(18)11-22/h3-9H,10H2,1-2H3,(H,23,24). The monoisotopic (exact) mass is 477 g/mol. The number of nitriles is 1. The fourth-order valence-electron chi connectivity index (χ4n) is 2.53. The van der Waals surface area contributed by atoms with Gasteiger partial charge in [0.1, 0.15) is 23.1 Å². The van der Waals surface area contributed by atoms with Gasteiger partial charge in [-0.25, -0.2) is 13.4 Å². The van der Waals surface area contributed by atoms with Gasteiger partial charge >= 0.3 is 5.97 Å². The SMILES string of the molecule is COC(=O)Cc1nc(NS(=O)(=O)c2ccc(Oc3cccc(Cl)c3C#N)cc2)sc1C. The zero-order valence-electron chi connectivity index (χ0n) is 16.4. The predicted octanol–water partition coefficient (Wildman–Crippen LogP) is 4.29. The third-order valence-electron chi connectivity index (χ3n) is 4.10. The number of carbonyl (C=O) groups is 1. The smallest absolute Gasteiger partial charge is 0.311 e. The molecule has 11 heteroatoms. The van der Waals surface area contributed by atoms with E-state index < -0.39 is 16.0 Å². The van der Waals surface area contributed by atoms with Crippen LogP contribution in [0.2, 0.25) is 5.02 Å². The Bertz CT molecular complexity index is 1260. The van der Waals surface area contributed by atoms with Crippen molar-refractivity contribution in [2.24, 2.45) is 0 Å². The second-order valence-corrected chi connectivity index (χ2v) is 9.47. The average Bonchev–Trinajstić information content (AvgIpc) is 3.06. The van der Waals surface area contributed by atoms with Crippen molar-refractivity contribution in [3.8, 4) is 17.6 Å².